The van der Waals surface area contributed by atoms with Crippen LogP contribution < -0.4 is 10.1 Å². The van der Waals surface area contributed by atoms with E-state index >= 15 is 0 Å². The van der Waals surface area contributed by atoms with Crippen LogP contribution in [-0.4, -0.2) is 25.4 Å². The lowest BCUT2D eigenvalue weighted by atomic mass is 10.1. The maximum absolute atomic E-state index is 5.41. The van der Waals surface area contributed by atoms with Crippen LogP contribution in [0.2, 0.25) is 0 Å². The number of hydrogen-bond acceptors (Lipinski definition) is 3. The topological polar surface area (TPSA) is 21.3 Å². The van der Waals surface area contributed by atoms with Crippen molar-refractivity contribution in [1.82, 2.24) is 5.32 Å². The van der Waals surface area contributed by atoms with E-state index in [1.165, 1.54) is 17.7 Å². The molecule has 1 fully saturated rings. The highest BCUT2D eigenvalue weighted by Gasteiger charge is 2.32. The van der Waals surface area contributed by atoms with Crippen molar-refractivity contribution >= 4 is 11.8 Å². The quantitative estimate of drug-likeness (QED) is 0.888. The van der Waals surface area contributed by atoms with E-state index in [2.05, 4.69) is 31.4 Å². The van der Waals surface area contributed by atoms with Crippen molar-refractivity contribution in [1.29, 1.82) is 0 Å². The molecule has 1 saturated carbocycles. The van der Waals surface area contributed by atoms with Gasteiger partial charge < -0.3 is 10.1 Å². The van der Waals surface area contributed by atoms with Crippen LogP contribution in [-0.2, 0) is 0 Å². The maximum atomic E-state index is 5.41. The summed E-state index contributed by atoms with van der Waals surface area (Å²) in [6, 6.07) is 8.97. The molecule has 3 heteroatoms. The summed E-state index contributed by atoms with van der Waals surface area (Å²) < 4.78 is 5.41. The van der Waals surface area contributed by atoms with Crippen molar-refractivity contribution in [3.05, 3.63) is 24.3 Å². The first-order valence-corrected chi connectivity index (χ1v) is 7.11. The Morgan fingerprint density at radius 3 is 2.71 bits per heavy atom. The molecule has 17 heavy (non-hydrogen) atoms. The summed E-state index contributed by atoms with van der Waals surface area (Å²) in [5.74, 6) is 1.72. The highest BCUT2D eigenvalue weighted by Crippen LogP contribution is 2.41. The molecule has 0 amide bonds. The van der Waals surface area contributed by atoms with E-state index in [0.717, 1.165) is 11.7 Å². The van der Waals surface area contributed by atoms with E-state index in [9.17, 15) is 0 Å². The van der Waals surface area contributed by atoms with Gasteiger partial charge in [-0.3, -0.25) is 0 Å². The minimum atomic E-state index is 0.669. The van der Waals surface area contributed by atoms with Crippen LogP contribution in [0, 0.1) is 5.92 Å². The Kier molecular flexibility index (Phi) is 4.35. The summed E-state index contributed by atoms with van der Waals surface area (Å²) >= 11 is 1.96. The molecule has 1 aromatic rings. The molecule has 0 aliphatic heterocycles. The average molecular weight is 251 g/mol. The molecule has 1 aliphatic rings. The summed E-state index contributed by atoms with van der Waals surface area (Å²) in [6.45, 7) is 2.35. The largest absolute Gasteiger partial charge is 0.496 e. The summed E-state index contributed by atoms with van der Waals surface area (Å²) in [5.41, 5.74) is 0. The van der Waals surface area contributed by atoms with Crippen LogP contribution in [0.1, 0.15) is 19.8 Å². The summed E-state index contributed by atoms with van der Waals surface area (Å²) in [7, 11) is 3.81. The highest BCUT2D eigenvalue weighted by molar-refractivity contribution is 8.00. The molecule has 0 spiro atoms. The Labute approximate surface area is 108 Å². The number of hydrogen-bond donors (Lipinski definition) is 1. The maximum Gasteiger partial charge on any atom is 0.132 e. The van der Waals surface area contributed by atoms with Crippen LogP contribution >= 0.6 is 11.8 Å². The van der Waals surface area contributed by atoms with E-state index in [0.29, 0.717) is 11.3 Å². The fourth-order valence-corrected chi connectivity index (χ4v) is 3.99. The van der Waals surface area contributed by atoms with Crippen molar-refractivity contribution in [2.75, 3.05) is 14.2 Å². The van der Waals surface area contributed by atoms with Crippen molar-refractivity contribution in [3.63, 3.8) is 0 Å². The lowest BCUT2D eigenvalue weighted by molar-refractivity contribution is 0.404. The summed E-state index contributed by atoms with van der Waals surface area (Å²) in [6.07, 6.45) is 2.57. The Morgan fingerprint density at radius 2 is 2.06 bits per heavy atom. The Hall–Kier alpha value is -0.670. The standard InChI is InChI=1S/C14H21NOS/c1-10-11(15-2)8-9-13(10)17-14-7-5-4-6-12(14)16-3/h4-7,10-11,13,15H,8-9H2,1-3H3. The van der Waals surface area contributed by atoms with Gasteiger partial charge in [0.05, 0.1) is 7.11 Å². The van der Waals surface area contributed by atoms with Gasteiger partial charge in [0.15, 0.2) is 0 Å². The SMILES string of the molecule is CNC1CCC(Sc2ccccc2OC)C1C. The van der Waals surface area contributed by atoms with E-state index in [4.69, 9.17) is 4.74 Å². The molecule has 0 aromatic heterocycles. The molecule has 0 saturated heterocycles. The molecule has 3 atom stereocenters. The second kappa shape index (κ2) is 5.78. The molecule has 0 heterocycles. The molecule has 94 valence electrons. The first kappa shape index (κ1) is 12.8. The second-order valence-electron chi connectivity index (χ2n) is 4.64. The van der Waals surface area contributed by atoms with Gasteiger partial charge in [0.2, 0.25) is 0 Å². The number of rotatable bonds is 4. The number of ether oxygens (including phenoxy) is 1. The van der Waals surface area contributed by atoms with Crippen molar-refractivity contribution in [3.8, 4) is 5.75 Å². The number of methoxy groups -OCH3 is 1. The summed E-state index contributed by atoms with van der Waals surface area (Å²) in [5, 5.41) is 4.11. The molecule has 0 radical (unpaired) electrons. The van der Waals surface area contributed by atoms with Gasteiger partial charge in [-0.1, -0.05) is 19.1 Å². The van der Waals surface area contributed by atoms with Gasteiger partial charge in [0.1, 0.15) is 5.75 Å². The van der Waals surface area contributed by atoms with Gasteiger partial charge in [-0.05, 0) is 37.9 Å². The fourth-order valence-electron chi connectivity index (χ4n) is 2.58. The molecule has 1 N–H and O–H groups in total. The van der Waals surface area contributed by atoms with Crippen LogP contribution in [0.4, 0.5) is 0 Å². The molecular weight excluding hydrogens is 230 g/mol. The molecular formula is C14H21NOS. The third kappa shape index (κ3) is 2.78. The predicted octanol–water partition coefficient (Wildman–Crippen LogP) is 3.17. The van der Waals surface area contributed by atoms with E-state index in [-0.39, 0.29) is 0 Å². The van der Waals surface area contributed by atoms with Gasteiger partial charge in [0.25, 0.3) is 0 Å². The Balaban J connectivity index is 2.06. The van der Waals surface area contributed by atoms with Gasteiger partial charge in [-0.25, -0.2) is 0 Å². The molecule has 3 unspecified atom stereocenters. The lowest BCUT2D eigenvalue weighted by Gasteiger charge is -2.20. The second-order valence-corrected chi connectivity index (χ2v) is 5.92. The lowest BCUT2D eigenvalue weighted by Crippen LogP contribution is -2.29. The van der Waals surface area contributed by atoms with Crippen molar-refractivity contribution in [2.45, 2.75) is 36.0 Å². The highest BCUT2D eigenvalue weighted by atomic mass is 32.2. The zero-order chi connectivity index (χ0) is 12.3. The molecule has 0 bridgehead atoms. The monoisotopic (exact) mass is 251 g/mol. The number of thioether (sulfide) groups is 1. The van der Waals surface area contributed by atoms with Crippen LogP contribution in [0.25, 0.3) is 0 Å². The molecule has 2 nitrogen and oxygen atoms in total. The number of nitrogens with one attached hydrogen (secondary N) is 1. The first-order valence-electron chi connectivity index (χ1n) is 6.23. The van der Waals surface area contributed by atoms with E-state index in [1.54, 1.807) is 7.11 Å². The molecule has 1 aromatic carbocycles. The minimum absolute atomic E-state index is 0.669. The molecule has 2 rings (SSSR count). The Bertz CT molecular complexity index is 369. The predicted molar refractivity (Wildman–Crippen MR) is 73.9 cm³/mol. The van der Waals surface area contributed by atoms with Gasteiger partial charge in [-0.2, -0.15) is 0 Å². The van der Waals surface area contributed by atoms with Gasteiger partial charge >= 0.3 is 0 Å². The average Bonchev–Trinajstić information content (AvgIpc) is 2.71. The van der Waals surface area contributed by atoms with Crippen LogP contribution in [0.3, 0.4) is 0 Å². The number of benzene rings is 1. The van der Waals surface area contributed by atoms with E-state index < -0.39 is 0 Å². The van der Waals surface area contributed by atoms with Gasteiger partial charge in [-0.15, -0.1) is 11.8 Å². The molecule has 1 aliphatic carbocycles. The van der Waals surface area contributed by atoms with E-state index in [1.807, 2.05) is 23.9 Å². The van der Waals surface area contributed by atoms with Crippen LogP contribution in [0.5, 0.6) is 5.75 Å². The third-order valence-corrected chi connectivity index (χ3v) is 5.26. The Morgan fingerprint density at radius 1 is 1.29 bits per heavy atom. The van der Waals surface area contributed by atoms with Crippen molar-refractivity contribution in [2.24, 2.45) is 5.92 Å². The smallest absolute Gasteiger partial charge is 0.132 e. The zero-order valence-electron chi connectivity index (χ0n) is 10.8. The number of para-hydroxylation sites is 1. The zero-order valence-corrected chi connectivity index (χ0v) is 11.6. The first-order chi connectivity index (χ1) is 8.26. The fraction of sp³-hybridized carbons (Fsp3) is 0.571. The van der Waals surface area contributed by atoms with Crippen LogP contribution in [0.15, 0.2) is 29.2 Å². The third-order valence-electron chi connectivity index (χ3n) is 3.70. The normalized spacial score (nSPS) is 28.3. The summed E-state index contributed by atoms with van der Waals surface area (Å²) in [4.78, 5) is 1.27. The van der Waals surface area contributed by atoms with Crippen molar-refractivity contribution < 1.29 is 4.74 Å². The minimum Gasteiger partial charge on any atom is -0.496 e. The van der Waals surface area contributed by atoms with Gasteiger partial charge in [0, 0.05) is 16.2 Å².